The van der Waals surface area contributed by atoms with Crippen LogP contribution in [0.4, 0.5) is 11.5 Å². The molecule has 3 rings (SSSR count). The normalized spacial score (nSPS) is 10.2. The second kappa shape index (κ2) is 9.69. The van der Waals surface area contributed by atoms with E-state index in [2.05, 4.69) is 34.4 Å². The average molecular weight is 383 g/mol. The number of nitrogens with one attached hydrogen (secondary N) is 2. The van der Waals surface area contributed by atoms with Crippen molar-refractivity contribution in [3.05, 3.63) is 83.8 Å². The number of hydrogen-bond acceptors (Lipinski definition) is 4. The first kappa shape index (κ1) is 20.4. The van der Waals surface area contributed by atoms with E-state index in [4.69, 9.17) is 0 Å². The monoisotopic (exact) mass is 382 g/mol. The second-order valence-electron chi connectivity index (χ2n) is 6.34. The van der Waals surface area contributed by atoms with Gasteiger partial charge in [0.1, 0.15) is 5.82 Å². The van der Waals surface area contributed by atoms with Gasteiger partial charge in [-0.15, -0.1) is 12.4 Å². The molecule has 2 N–H and O–H groups in total. The van der Waals surface area contributed by atoms with Crippen molar-refractivity contribution in [2.75, 3.05) is 10.6 Å². The van der Waals surface area contributed by atoms with Crippen LogP contribution in [0.25, 0.3) is 0 Å². The van der Waals surface area contributed by atoms with Crippen molar-refractivity contribution in [1.82, 2.24) is 9.97 Å². The molecule has 0 aliphatic heterocycles. The van der Waals surface area contributed by atoms with E-state index in [9.17, 15) is 4.79 Å². The molecule has 2 heterocycles. The van der Waals surface area contributed by atoms with Crippen molar-refractivity contribution in [2.45, 2.75) is 26.3 Å². The number of amides is 1. The predicted octanol–water partition coefficient (Wildman–Crippen LogP) is 4.89. The number of anilines is 2. The number of aromatic nitrogens is 2. The highest BCUT2D eigenvalue weighted by Crippen LogP contribution is 2.19. The number of pyridine rings is 2. The molecule has 0 fully saturated rings. The van der Waals surface area contributed by atoms with Crippen molar-refractivity contribution in [3.63, 3.8) is 0 Å². The van der Waals surface area contributed by atoms with E-state index < -0.39 is 0 Å². The van der Waals surface area contributed by atoms with Gasteiger partial charge in [-0.3, -0.25) is 9.78 Å². The van der Waals surface area contributed by atoms with E-state index in [1.54, 1.807) is 30.7 Å². The van der Waals surface area contributed by atoms with Crippen LogP contribution in [0.3, 0.4) is 0 Å². The highest BCUT2D eigenvalue weighted by atomic mass is 35.5. The summed E-state index contributed by atoms with van der Waals surface area (Å²) in [7, 11) is 0. The molecule has 0 aliphatic rings. The molecular weight excluding hydrogens is 360 g/mol. The lowest BCUT2D eigenvalue weighted by Gasteiger charge is -2.12. The fraction of sp³-hybridized carbons (Fsp3) is 0.190. The van der Waals surface area contributed by atoms with E-state index in [0.717, 1.165) is 11.3 Å². The quantitative estimate of drug-likeness (QED) is 0.637. The number of carbonyl (C=O) groups excluding carboxylic acids is 1. The van der Waals surface area contributed by atoms with Crippen molar-refractivity contribution in [3.8, 4) is 0 Å². The van der Waals surface area contributed by atoms with Gasteiger partial charge < -0.3 is 10.6 Å². The van der Waals surface area contributed by atoms with Crippen molar-refractivity contribution < 1.29 is 4.79 Å². The first-order valence-corrected chi connectivity index (χ1v) is 8.62. The number of nitrogens with zero attached hydrogens (tertiary/aromatic N) is 2. The van der Waals surface area contributed by atoms with Crippen LogP contribution >= 0.6 is 12.4 Å². The first-order chi connectivity index (χ1) is 12.6. The summed E-state index contributed by atoms with van der Waals surface area (Å²) in [4.78, 5) is 21.0. The summed E-state index contributed by atoms with van der Waals surface area (Å²) < 4.78 is 0. The molecule has 2 aromatic heterocycles. The maximum atomic E-state index is 12.7. The molecule has 1 amide bonds. The second-order valence-corrected chi connectivity index (χ2v) is 6.34. The van der Waals surface area contributed by atoms with Gasteiger partial charge in [0.2, 0.25) is 0 Å². The van der Waals surface area contributed by atoms with Crippen molar-refractivity contribution in [1.29, 1.82) is 0 Å². The number of carbonyl (C=O) groups is 1. The predicted molar refractivity (Wildman–Crippen MR) is 112 cm³/mol. The van der Waals surface area contributed by atoms with E-state index in [1.165, 1.54) is 5.56 Å². The molecule has 0 saturated heterocycles. The summed E-state index contributed by atoms with van der Waals surface area (Å²) in [6.07, 6.45) is 5.15. The Morgan fingerprint density at radius 1 is 1.00 bits per heavy atom. The van der Waals surface area contributed by atoms with Gasteiger partial charge in [-0.25, -0.2) is 4.98 Å². The Kier molecular flexibility index (Phi) is 7.32. The lowest BCUT2D eigenvalue weighted by atomic mass is 10.0. The standard InChI is InChI=1S/C21H22N4O.ClH/c1-15(2)17-5-7-18(8-6-17)25-21(26)19-4-3-11-23-20(19)24-14-16-9-12-22-13-10-16;/h3-13,15H,14H2,1-2H3,(H,23,24)(H,25,26);1H. The third-order valence-corrected chi connectivity index (χ3v) is 4.10. The van der Waals surface area contributed by atoms with Crippen LogP contribution in [0, 0.1) is 0 Å². The van der Waals surface area contributed by atoms with Gasteiger partial charge in [0.15, 0.2) is 0 Å². The SMILES string of the molecule is CC(C)c1ccc(NC(=O)c2cccnc2NCc2ccncc2)cc1.Cl. The smallest absolute Gasteiger partial charge is 0.259 e. The molecule has 0 unspecified atom stereocenters. The van der Waals surface area contributed by atoms with Crippen molar-refractivity contribution in [2.24, 2.45) is 0 Å². The van der Waals surface area contributed by atoms with Crippen LogP contribution in [-0.2, 0) is 6.54 Å². The van der Waals surface area contributed by atoms with E-state index in [0.29, 0.717) is 23.8 Å². The van der Waals surface area contributed by atoms with Gasteiger partial charge in [0.25, 0.3) is 5.91 Å². The molecule has 3 aromatic rings. The minimum atomic E-state index is -0.187. The van der Waals surface area contributed by atoms with Crippen molar-refractivity contribution >= 4 is 29.8 Å². The van der Waals surface area contributed by atoms with Crippen LogP contribution in [0.2, 0.25) is 0 Å². The zero-order chi connectivity index (χ0) is 18.4. The molecule has 1 aromatic carbocycles. The summed E-state index contributed by atoms with van der Waals surface area (Å²) in [6, 6.07) is 15.3. The Balaban J connectivity index is 0.00000261. The molecule has 5 nitrogen and oxygen atoms in total. The van der Waals surface area contributed by atoms with Gasteiger partial charge in [0, 0.05) is 30.8 Å². The molecule has 140 valence electrons. The summed E-state index contributed by atoms with van der Waals surface area (Å²) in [5.41, 5.74) is 3.59. The Hall–Kier alpha value is -2.92. The molecule has 0 saturated carbocycles. The minimum absolute atomic E-state index is 0. The van der Waals surface area contributed by atoms with Crippen LogP contribution in [0.5, 0.6) is 0 Å². The summed E-state index contributed by atoms with van der Waals surface area (Å²) in [5.74, 6) is 0.829. The Bertz CT molecular complexity index is 867. The maximum Gasteiger partial charge on any atom is 0.259 e. The summed E-state index contributed by atoms with van der Waals surface area (Å²) in [5, 5.41) is 6.15. The molecule has 0 aliphatic carbocycles. The summed E-state index contributed by atoms with van der Waals surface area (Å²) >= 11 is 0. The van der Waals surface area contributed by atoms with Gasteiger partial charge in [-0.1, -0.05) is 26.0 Å². The van der Waals surface area contributed by atoms with E-state index in [-0.39, 0.29) is 18.3 Å². The zero-order valence-corrected chi connectivity index (χ0v) is 16.2. The van der Waals surface area contributed by atoms with Crippen LogP contribution < -0.4 is 10.6 Å². The Morgan fingerprint density at radius 3 is 2.37 bits per heavy atom. The molecule has 6 heteroatoms. The Morgan fingerprint density at radius 2 is 1.70 bits per heavy atom. The molecule has 0 spiro atoms. The molecule has 0 bridgehead atoms. The van der Waals surface area contributed by atoms with Crippen LogP contribution in [0.15, 0.2) is 67.1 Å². The number of halogens is 1. The number of benzene rings is 1. The lowest BCUT2D eigenvalue weighted by molar-refractivity contribution is 0.102. The average Bonchev–Trinajstić information content (AvgIpc) is 2.68. The third-order valence-electron chi connectivity index (χ3n) is 4.10. The van der Waals surface area contributed by atoms with Crippen LogP contribution in [0.1, 0.15) is 41.3 Å². The first-order valence-electron chi connectivity index (χ1n) is 8.62. The minimum Gasteiger partial charge on any atom is -0.365 e. The fourth-order valence-corrected chi connectivity index (χ4v) is 2.57. The molecule has 0 atom stereocenters. The van der Waals surface area contributed by atoms with E-state index in [1.807, 2.05) is 36.4 Å². The van der Waals surface area contributed by atoms with Gasteiger partial charge in [0.05, 0.1) is 5.56 Å². The Labute approximate surface area is 165 Å². The highest BCUT2D eigenvalue weighted by molar-refractivity contribution is 6.07. The fourth-order valence-electron chi connectivity index (χ4n) is 2.57. The largest absolute Gasteiger partial charge is 0.365 e. The number of rotatable bonds is 6. The molecule has 27 heavy (non-hydrogen) atoms. The van der Waals surface area contributed by atoms with Crippen LogP contribution in [-0.4, -0.2) is 15.9 Å². The zero-order valence-electron chi connectivity index (χ0n) is 15.3. The number of hydrogen-bond donors (Lipinski definition) is 2. The maximum absolute atomic E-state index is 12.7. The summed E-state index contributed by atoms with van der Waals surface area (Å²) in [6.45, 7) is 4.86. The third kappa shape index (κ3) is 5.53. The molecular formula is C21H23ClN4O. The lowest BCUT2D eigenvalue weighted by Crippen LogP contribution is -2.15. The van der Waals surface area contributed by atoms with Gasteiger partial charge in [-0.05, 0) is 53.4 Å². The topological polar surface area (TPSA) is 66.9 Å². The van der Waals surface area contributed by atoms with Gasteiger partial charge in [-0.2, -0.15) is 0 Å². The van der Waals surface area contributed by atoms with E-state index >= 15 is 0 Å². The van der Waals surface area contributed by atoms with Gasteiger partial charge >= 0.3 is 0 Å². The highest BCUT2D eigenvalue weighted by Gasteiger charge is 2.12. The molecule has 0 radical (unpaired) electrons.